The maximum Gasteiger partial charge on any atom is 0.0202 e. The standard InChI is InChI=1S/CH12N10/c1-11-9-7-5-3-2-4-6-8-10-11/h2-10H,1H3. The van der Waals surface area contributed by atoms with E-state index in [1.54, 1.807) is 7.05 Å². The second-order valence-electron chi connectivity index (χ2n) is 1.66. The average molecular weight is 164 g/mol. The van der Waals surface area contributed by atoms with E-state index in [1.165, 1.54) is 5.12 Å². The number of nitrogens with zero attached hydrogens (tertiary/aromatic N) is 1. The minimum Gasteiger partial charge on any atom is -0.164 e. The molecule has 11 heavy (non-hydrogen) atoms. The molecule has 0 radical (unpaired) electrons. The van der Waals surface area contributed by atoms with Crippen LogP contribution in [-0.2, 0) is 0 Å². The zero-order valence-electron chi connectivity index (χ0n) is 5.95. The van der Waals surface area contributed by atoms with Gasteiger partial charge in [-0.05, 0) is 0 Å². The molecule has 0 aromatic carbocycles. The van der Waals surface area contributed by atoms with Crippen molar-refractivity contribution < 1.29 is 0 Å². The minimum atomic E-state index is 1.52. The lowest BCUT2D eigenvalue weighted by Gasteiger charge is -2.23. The highest BCUT2D eigenvalue weighted by Gasteiger charge is 1.93. The van der Waals surface area contributed by atoms with Gasteiger partial charge in [0.15, 0.2) is 0 Å². The normalized spacial score (nSPS) is 24.8. The Morgan fingerprint density at radius 3 is 1.45 bits per heavy atom. The van der Waals surface area contributed by atoms with Crippen LogP contribution >= 0.6 is 0 Å². The largest absolute Gasteiger partial charge is 0.164 e. The summed E-state index contributed by atoms with van der Waals surface area (Å²) in [6.07, 6.45) is 0. The Morgan fingerprint density at radius 2 is 1.00 bits per heavy atom. The number of rotatable bonds is 0. The first-order valence-electron chi connectivity index (χ1n) is 2.89. The molecular weight excluding hydrogens is 152 g/mol. The van der Waals surface area contributed by atoms with Crippen LogP contribution < -0.4 is 49.8 Å². The van der Waals surface area contributed by atoms with E-state index in [9.17, 15) is 0 Å². The van der Waals surface area contributed by atoms with E-state index in [1.807, 2.05) is 0 Å². The third-order valence-corrected chi connectivity index (χ3v) is 0.822. The van der Waals surface area contributed by atoms with Gasteiger partial charge in [0, 0.05) is 7.05 Å². The van der Waals surface area contributed by atoms with Gasteiger partial charge in [0.2, 0.25) is 0 Å². The summed E-state index contributed by atoms with van der Waals surface area (Å²) in [5, 5.41) is 1.52. The molecule has 0 saturated carbocycles. The smallest absolute Gasteiger partial charge is 0.0202 e. The molecular formula is CH12N10. The fourth-order valence-corrected chi connectivity index (χ4v) is 0.408. The van der Waals surface area contributed by atoms with Crippen LogP contribution in [0.25, 0.3) is 0 Å². The van der Waals surface area contributed by atoms with Gasteiger partial charge in [-0.25, -0.2) is 0 Å². The topological polar surface area (TPSA) is 112 Å². The quantitative estimate of drug-likeness (QED) is 0.173. The van der Waals surface area contributed by atoms with Crippen LogP contribution in [0.2, 0.25) is 0 Å². The van der Waals surface area contributed by atoms with Gasteiger partial charge in [-0.15, -0.1) is 0 Å². The first-order valence-corrected chi connectivity index (χ1v) is 2.89. The molecule has 9 N–H and O–H groups in total. The molecule has 0 unspecified atom stereocenters. The molecule has 0 bridgehead atoms. The number of hydrogen-bond donors (Lipinski definition) is 9. The fourth-order valence-electron chi connectivity index (χ4n) is 0.408. The Morgan fingerprint density at radius 1 is 0.636 bits per heavy atom. The van der Waals surface area contributed by atoms with Crippen molar-refractivity contribution in [3.63, 3.8) is 0 Å². The molecule has 0 spiro atoms. The summed E-state index contributed by atoms with van der Waals surface area (Å²) in [7, 11) is 1.75. The highest BCUT2D eigenvalue weighted by atomic mass is 16.0. The average Bonchev–Trinajstić information content (AvgIpc) is 2.03. The zero-order chi connectivity index (χ0) is 7.94. The number of hydrogen-bond acceptors (Lipinski definition) is 10. The van der Waals surface area contributed by atoms with Gasteiger partial charge >= 0.3 is 0 Å². The molecule has 0 aromatic heterocycles. The van der Waals surface area contributed by atoms with E-state index >= 15 is 0 Å². The van der Waals surface area contributed by atoms with Crippen LogP contribution in [0.4, 0.5) is 0 Å². The monoisotopic (exact) mass is 164 g/mol. The molecule has 1 aliphatic heterocycles. The van der Waals surface area contributed by atoms with Gasteiger partial charge < -0.3 is 0 Å². The van der Waals surface area contributed by atoms with Crippen molar-refractivity contribution in [2.24, 2.45) is 0 Å². The van der Waals surface area contributed by atoms with E-state index in [0.29, 0.717) is 0 Å². The van der Waals surface area contributed by atoms with Crippen molar-refractivity contribution in [1.82, 2.24) is 54.9 Å². The summed E-state index contributed by atoms with van der Waals surface area (Å²) in [5.41, 5.74) is 23.2. The van der Waals surface area contributed by atoms with Crippen LogP contribution in [0.15, 0.2) is 0 Å². The first-order chi connectivity index (χ1) is 5.39. The summed E-state index contributed by atoms with van der Waals surface area (Å²) in [4.78, 5) is 0. The molecule has 0 aliphatic carbocycles. The van der Waals surface area contributed by atoms with E-state index < -0.39 is 0 Å². The third kappa shape index (κ3) is 4.12. The van der Waals surface area contributed by atoms with Crippen molar-refractivity contribution in [2.45, 2.75) is 0 Å². The van der Waals surface area contributed by atoms with Crippen molar-refractivity contribution in [3.8, 4) is 0 Å². The van der Waals surface area contributed by atoms with E-state index in [2.05, 4.69) is 49.8 Å². The molecule has 1 heterocycles. The Balaban J connectivity index is 2.12. The molecule has 10 heteroatoms. The molecule has 1 saturated heterocycles. The van der Waals surface area contributed by atoms with Crippen molar-refractivity contribution in [2.75, 3.05) is 7.05 Å². The minimum absolute atomic E-state index is 1.52. The summed E-state index contributed by atoms with van der Waals surface area (Å²) >= 11 is 0. The third-order valence-electron chi connectivity index (χ3n) is 0.822. The Labute approximate surface area is 63.1 Å². The van der Waals surface area contributed by atoms with Crippen LogP contribution in [0.5, 0.6) is 0 Å². The van der Waals surface area contributed by atoms with Crippen molar-refractivity contribution in [3.05, 3.63) is 0 Å². The van der Waals surface area contributed by atoms with E-state index in [0.717, 1.165) is 0 Å². The summed E-state index contributed by atoms with van der Waals surface area (Å²) in [6, 6.07) is 0. The lowest BCUT2D eigenvalue weighted by molar-refractivity contribution is 0.0412. The highest BCUT2D eigenvalue weighted by Crippen LogP contribution is 1.53. The fraction of sp³-hybridized carbons (Fsp3) is 1.00. The molecule has 0 atom stereocenters. The van der Waals surface area contributed by atoms with Crippen molar-refractivity contribution in [1.29, 1.82) is 0 Å². The first kappa shape index (κ1) is 8.69. The van der Waals surface area contributed by atoms with E-state index in [-0.39, 0.29) is 0 Å². The summed E-state index contributed by atoms with van der Waals surface area (Å²) < 4.78 is 0. The maximum atomic E-state index is 2.68. The second kappa shape index (κ2) is 5.28. The molecule has 0 aromatic rings. The molecule has 1 aliphatic rings. The Hall–Kier alpha value is -0.400. The lowest BCUT2D eigenvalue weighted by Crippen LogP contribution is -2.71. The zero-order valence-corrected chi connectivity index (χ0v) is 5.95. The van der Waals surface area contributed by atoms with Crippen LogP contribution in [0.1, 0.15) is 0 Å². The van der Waals surface area contributed by atoms with Crippen molar-refractivity contribution >= 4 is 0 Å². The van der Waals surface area contributed by atoms with Crippen LogP contribution in [-0.4, -0.2) is 12.2 Å². The Kier molecular flexibility index (Phi) is 4.17. The molecule has 0 amide bonds. The maximum absolute atomic E-state index is 2.68. The highest BCUT2D eigenvalue weighted by molar-refractivity contribution is 4.23. The summed E-state index contributed by atoms with van der Waals surface area (Å²) in [5.74, 6) is 0. The molecule has 10 nitrogen and oxygen atoms in total. The van der Waals surface area contributed by atoms with Gasteiger partial charge in [0.05, 0.1) is 0 Å². The SMILES string of the molecule is CN1NNNNNNNNN1. The lowest BCUT2D eigenvalue weighted by atomic mass is 11.4. The second-order valence-corrected chi connectivity index (χ2v) is 1.66. The van der Waals surface area contributed by atoms with Gasteiger partial charge in [-0.2, -0.15) is 54.9 Å². The molecule has 1 fully saturated rings. The molecule has 1 rings (SSSR count). The van der Waals surface area contributed by atoms with Crippen LogP contribution in [0.3, 0.4) is 0 Å². The number of nitrogens with one attached hydrogen (secondary N) is 9. The van der Waals surface area contributed by atoms with Gasteiger partial charge in [-0.3, -0.25) is 0 Å². The van der Waals surface area contributed by atoms with Gasteiger partial charge in [-0.1, -0.05) is 0 Å². The Bertz CT molecular complexity index is 80.9. The van der Waals surface area contributed by atoms with Gasteiger partial charge in [0.1, 0.15) is 0 Å². The number of hydrazine groups is 10. The predicted octanol–water partition coefficient (Wildman–Crippen LogP) is -4.61. The van der Waals surface area contributed by atoms with Crippen LogP contribution in [0, 0.1) is 0 Å². The predicted molar refractivity (Wildman–Crippen MR) is 36.0 cm³/mol. The molecule has 66 valence electrons. The van der Waals surface area contributed by atoms with Gasteiger partial charge in [0.25, 0.3) is 0 Å². The summed E-state index contributed by atoms with van der Waals surface area (Å²) in [6.45, 7) is 0. The van der Waals surface area contributed by atoms with E-state index in [4.69, 9.17) is 0 Å².